The zero-order valence-electron chi connectivity index (χ0n) is 10.4. The van der Waals surface area contributed by atoms with Gasteiger partial charge < -0.3 is 20.9 Å². The van der Waals surface area contributed by atoms with Gasteiger partial charge in [-0.2, -0.15) is 0 Å². The average molecular weight is 258 g/mol. The number of hydrogen-bond donors (Lipinski definition) is 2. The first-order valence-corrected chi connectivity index (χ1v) is 5.61. The molecule has 5 nitrogen and oxygen atoms in total. The van der Waals surface area contributed by atoms with Gasteiger partial charge >= 0.3 is 0 Å². The van der Waals surface area contributed by atoms with E-state index in [0.717, 1.165) is 5.75 Å². The van der Waals surface area contributed by atoms with Crippen LogP contribution in [-0.2, 0) is 0 Å². The van der Waals surface area contributed by atoms with Gasteiger partial charge in [0.05, 0.1) is 12.7 Å². The summed E-state index contributed by atoms with van der Waals surface area (Å²) in [6.45, 7) is 0. The van der Waals surface area contributed by atoms with Crippen LogP contribution in [0.4, 0.5) is 5.69 Å². The highest BCUT2D eigenvalue weighted by molar-refractivity contribution is 5.96. The van der Waals surface area contributed by atoms with Gasteiger partial charge in [-0.3, -0.25) is 4.79 Å². The highest BCUT2D eigenvalue weighted by atomic mass is 16.5. The molecule has 0 bridgehead atoms. The summed E-state index contributed by atoms with van der Waals surface area (Å²) in [6.07, 6.45) is 0. The van der Waals surface area contributed by atoms with Gasteiger partial charge in [-0.25, -0.2) is 0 Å². The van der Waals surface area contributed by atoms with Gasteiger partial charge in [-0.05, 0) is 42.5 Å². The normalized spacial score (nSPS) is 9.95. The number of primary amides is 1. The number of hydrogen-bond acceptors (Lipinski definition) is 4. The maximum atomic E-state index is 11.3. The monoisotopic (exact) mass is 258 g/mol. The van der Waals surface area contributed by atoms with E-state index in [-0.39, 0.29) is 5.56 Å². The number of carbonyl (C=O) groups is 1. The van der Waals surface area contributed by atoms with Gasteiger partial charge in [0.15, 0.2) is 0 Å². The molecule has 4 N–H and O–H groups in total. The Balaban J connectivity index is 2.29. The summed E-state index contributed by atoms with van der Waals surface area (Å²) in [7, 11) is 1.58. The number of ether oxygens (including phenoxy) is 2. The first-order chi connectivity index (χ1) is 9.10. The van der Waals surface area contributed by atoms with Crippen molar-refractivity contribution >= 4 is 11.6 Å². The molecule has 19 heavy (non-hydrogen) atoms. The van der Waals surface area contributed by atoms with Crippen LogP contribution in [0.1, 0.15) is 10.4 Å². The van der Waals surface area contributed by atoms with E-state index in [4.69, 9.17) is 20.9 Å². The molecule has 0 aliphatic heterocycles. The summed E-state index contributed by atoms with van der Waals surface area (Å²) in [5, 5.41) is 0. The Labute approximate surface area is 110 Å². The smallest absolute Gasteiger partial charge is 0.252 e. The number of methoxy groups -OCH3 is 1. The Bertz CT molecular complexity index is 594. The molecule has 5 heteroatoms. The maximum absolute atomic E-state index is 11.3. The van der Waals surface area contributed by atoms with Gasteiger partial charge in [0.25, 0.3) is 5.91 Å². The number of nitrogens with two attached hydrogens (primary N) is 2. The summed E-state index contributed by atoms with van der Waals surface area (Å²) in [4.78, 5) is 11.3. The Morgan fingerprint density at radius 2 is 1.68 bits per heavy atom. The maximum Gasteiger partial charge on any atom is 0.252 e. The van der Waals surface area contributed by atoms with Gasteiger partial charge in [-0.1, -0.05) is 0 Å². The molecule has 0 saturated heterocycles. The molecule has 0 aliphatic rings. The fourth-order valence-corrected chi connectivity index (χ4v) is 1.60. The summed E-state index contributed by atoms with van der Waals surface area (Å²) in [5.41, 5.74) is 11.6. The van der Waals surface area contributed by atoms with E-state index in [1.807, 2.05) is 0 Å². The van der Waals surface area contributed by atoms with E-state index in [1.165, 1.54) is 6.07 Å². The van der Waals surface area contributed by atoms with Crippen LogP contribution in [-0.4, -0.2) is 13.0 Å². The molecule has 2 rings (SSSR count). The second-order valence-corrected chi connectivity index (χ2v) is 3.90. The Hall–Kier alpha value is -2.69. The second kappa shape index (κ2) is 5.30. The Morgan fingerprint density at radius 3 is 2.26 bits per heavy atom. The number of rotatable bonds is 4. The van der Waals surface area contributed by atoms with Crippen LogP contribution in [0.15, 0.2) is 42.5 Å². The predicted molar refractivity (Wildman–Crippen MR) is 72.4 cm³/mol. The van der Waals surface area contributed by atoms with Crippen LogP contribution in [0.25, 0.3) is 0 Å². The summed E-state index contributed by atoms with van der Waals surface area (Å²) < 4.78 is 10.7. The SMILES string of the molecule is COc1ccc(Oc2ccc(N)cc2C(N)=O)cc1. The predicted octanol–water partition coefficient (Wildman–Crippen LogP) is 2.17. The first-order valence-electron chi connectivity index (χ1n) is 5.61. The van der Waals surface area contributed by atoms with Crippen molar-refractivity contribution in [1.82, 2.24) is 0 Å². The van der Waals surface area contributed by atoms with Crippen molar-refractivity contribution in [3.8, 4) is 17.2 Å². The molecule has 0 aromatic heterocycles. The fraction of sp³-hybridized carbons (Fsp3) is 0.0714. The molecule has 0 fully saturated rings. The van der Waals surface area contributed by atoms with Crippen LogP contribution in [0.5, 0.6) is 17.2 Å². The van der Waals surface area contributed by atoms with E-state index in [0.29, 0.717) is 17.2 Å². The number of carbonyl (C=O) groups excluding carboxylic acids is 1. The molecule has 1 amide bonds. The lowest BCUT2D eigenvalue weighted by Crippen LogP contribution is -2.12. The van der Waals surface area contributed by atoms with E-state index in [2.05, 4.69) is 0 Å². The molecule has 0 spiro atoms. The minimum atomic E-state index is -0.587. The largest absolute Gasteiger partial charge is 0.497 e. The lowest BCUT2D eigenvalue weighted by atomic mass is 10.1. The minimum absolute atomic E-state index is 0.246. The molecule has 2 aromatic carbocycles. The lowest BCUT2D eigenvalue weighted by molar-refractivity contribution is 0.0998. The molecule has 2 aromatic rings. The zero-order chi connectivity index (χ0) is 13.8. The molecule has 98 valence electrons. The lowest BCUT2D eigenvalue weighted by Gasteiger charge is -2.10. The van der Waals surface area contributed by atoms with Crippen molar-refractivity contribution in [3.63, 3.8) is 0 Å². The first kappa shape index (κ1) is 12.8. The van der Waals surface area contributed by atoms with Gasteiger partial charge in [-0.15, -0.1) is 0 Å². The van der Waals surface area contributed by atoms with E-state index in [9.17, 15) is 4.79 Å². The molecule has 0 radical (unpaired) electrons. The van der Waals surface area contributed by atoms with E-state index < -0.39 is 5.91 Å². The molecule has 0 unspecified atom stereocenters. The third kappa shape index (κ3) is 2.95. The third-order valence-corrected chi connectivity index (χ3v) is 2.56. The van der Waals surface area contributed by atoms with Crippen LogP contribution >= 0.6 is 0 Å². The second-order valence-electron chi connectivity index (χ2n) is 3.90. The quantitative estimate of drug-likeness (QED) is 0.823. The fourth-order valence-electron chi connectivity index (χ4n) is 1.60. The highest BCUT2D eigenvalue weighted by Crippen LogP contribution is 2.28. The van der Waals surface area contributed by atoms with Crippen LogP contribution < -0.4 is 20.9 Å². The highest BCUT2D eigenvalue weighted by Gasteiger charge is 2.10. The van der Waals surface area contributed by atoms with Gasteiger partial charge in [0.2, 0.25) is 0 Å². The molecular weight excluding hydrogens is 244 g/mol. The topological polar surface area (TPSA) is 87.6 Å². The van der Waals surface area contributed by atoms with Crippen molar-refractivity contribution in [1.29, 1.82) is 0 Å². The van der Waals surface area contributed by atoms with Crippen molar-refractivity contribution in [2.45, 2.75) is 0 Å². The summed E-state index contributed by atoms with van der Waals surface area (Å²) >= 11 is 0. The van der Waals surface area contributed by atoms with Crippen molar-refractivity contribution in [2.24, 2.45) is 5.73 Å². The number of anilines is 1. The minimum Gasteiger partial charge on any atom is -0.497 e. The van der Waals surface area contributed by atoms with Crippen LogP contribution in [0, 0.1) is 0 Å². The Morgan fingerprint density at radius 1 is 1.05 bits per heavy atom. The number of amides is 1. The molecular formula is C14H14N2O3. The van der Waals surface area contributed by atoms with E-state index >= 15 is 0 Å². The van der Waals surface area contributed by atoms with Crippen molar-refractivity contribution in [3.05, 3.63) is 48.0 Å². The van der Waals surface area contributed by atoms with Crippen molar-refractivity contribution < 1.29 is 14.3 Å². The number of nitrogen functional groups attached to an aromatic ring is 1. The summed E-state index contributed by atoms with van der Waals surface area (Å²) in [6, 6.07) is 11.7. The average Bonchev–Trinajstić information content (AvgIpc) is 2.41. The zero-order valence-corrected chi connectivity index (χ0v) is 10.4. The molecule has 0 atom stereocenters. The molecule has 0 aliphatic carbocycles. The third-order valence-electron chi connectivity index (χ3n) is 2.56. The standard InChI is InChI=1S/C14H14N2O3/c1-18-10-3-5-11(6-4-10)19-13-7-2-9(15)8-12(13)14(16)17/h2-8H,15H2,1H3,(H2,16,17). The van der Waals surface area contributed by atoms with Crippen molar-refractivity contribution in [2.75, 3.05) is 12.8 Å². The Kier molecular flexibility index (Phi) is 3.56. The molecule has 0 heterocycles. The summed E-state index contributed by atoms with van der Waals surface area (Å²) in [5.74, 6) is 1.08. The van der Waals surface area contributed by atoms with Crippen LogP contribution in [0.2, 0.25) is 0 Å². The number of benzene rings is 2. The van der Waals surface area contributed by atoms with Gasteiger partial charge in [0.1, 0.15) is 17.2 Å². The molecule has 0 saturated carbocycles. The van der Waals surface area contributed by atoms with E-state index in [1.54, 1.807) is 43.5 Å². The van der Waals surface area contributed by atoms with Gasteiger partial charge in [0, 0.05) is 5.69 Å². The van der Waals surface area contributed by atoms with Crippen LogP contribution in [0.3, 0.4) is 0 Å².